The number of carbonyl (C=O) groups excluding carboxylic acids is 1. The lowest BCUT2D eigenvalue weighted by atomic mass is 10.0. The summed E-state index contributed by atoms with van der Waals surface area (Å²) in [7, 11) is 3.57. The number of hydrogen-bond acceptors (Lipinski definition) is 8. The van der Waals surface area contributed by atoms with E-state index in [0.29, 0.717) is 12.0 Å². The Balaban J connectivity index is 0.000000541. The van der Waals surface area contributed by atoms with Gasteiger partial charge in [-0.1, -0.05) is 11.9 Å². The Labute approximate surface area is 200 Å². The molecular formula is C24H35N5O3S. The smallest absolute Gasteiger partial charge is 0.250 e. The number of aromatic amines is 1. The van der Waals surface area contributed by atoms with Gasteiger partial charge in [0.1, 0.15) is 17.9 Å². The Morgan fingerprint density at radius 2 is 2.09 bits per heavy atom. The molecule has 1 saturated heterocycles. The molecule has 9 heteroatoms. The van der Waals surface area contributed by atoms with Gasteiger partial charge in [0, 0.05) is 63.8 Å². The van der Waals surface area contributed by atoms with Crippen LogP contribution in [0.1, 0.15) is 25.3 Å². The Morgan fingerprint density at radius 1 is 1.30 bits per heavy atom. The van der Waals surface area contributed by atoms with Gasteiger partial charge in [-0.25, -0.2) is 9.29 Å². The van der Waals surface area contributed by atoms with Crippen LogP contribution in [0.15, 0.2) is 29.2 Å². The van der Waals surface area contributed by atoms with Gasteiger partial charge >= 0.3 is 0 Å². The summed E-state index contributed by atoms with van der Waals surface area (Å²) < 4.78 is 7.52. The molecule has 1 aliphatic heterocycles. The lowest BCUT2D eigenvalue weighted by molar-refractivity contribution is -0.108. The van der Waals surface area contributed by atoms with Crippen LogP contribution in [0.25, 0.3) is 11.1 Å². The van der Waals surface area contributed by atoms with Crippen LogP contribution < -0.4 is 15.8 Å². The fourth-order valence-corrected chi connectivity index (χ4v) is 4.72. The van der Waals surface area contributed by atoms with E-state index in [1.165, 1.54) is 0 Å². The van der Waals surface area contributed by atoms with Gasteiger partial charge in [0.05, 0.1) is 6.61 Å². The maximum Gasteiger partial charge on any atom is 0.250 e. The number of piperazine rings is 1. The number of ether oxygens (including phenoxy) is 1. The first kappa shape index (κ1) is 25.3. The van der Waals surface area contributed by atoms with Gasteiger partial charge in [0.25, 0.3) is 0 Å². The molecule has 2 fully saturated rings. The molecule has 3 heterocycles. The average Bonchev–Trinajstić information content (AvgIpc) is 3.64. The molecule has 0 aromatic carbocycles. The van der Waals surface area contributed by atoms with E-state index in [4.69, 9.17) is 4.74 Å². The molecule has 8 nitrogen and oxygen atoms in total. The van der Waals surface area contributed by atoms with Crippen molar-refractivity contribution in [2.75, 3.05) is 56.4 Å². The molecule has 1 saturated carbocycles. The zero-order valence-electron chi connectivity index (χ0n) is 20.0. The summed E-state index contributed by atoms with van der Waals surface area (Å²) >= 11 is 1.83. The predicted octanol–water partition coefficient (Wildman–Crippen LogP) is 3.19. The van der Waals surface area contributed by atoms with Gasteiger partial charge in [-0.2, -0.15) is 0 Å². The van der Waals surface area contributed by atoms with Crippen molar-refractivity contribution in [2.24, 2.45) is 5.92 Å². The molecule has 180 valence electrons. The second-order valence-corrected chi connectivity index (χ2v) is 9.67. The van der Waals surface area contributed by atoms with Crippen molar-refractivity contribution in [1.82, 2.24) is 14.3 Å². The number of hydrogen-bond donors (Lipinski definition) is 2. The number of aromatic nitrogens is 2. The lowest BCUT2D eigenvalue weighted by Crippen LogP contribution is -2.50. The summed E-state index contributed by atoms with van der Waals surface area (Å²) in [4.78, 5) is 31.6. The minimum Gasteiger partial charge on any atom is -0.384 e. The SMILES string of the molecule is CNc1cc(-c2cc(N3CCN(SCCOC)CC3C)[nH]c(=O)c2)c(C)cn1.O=CC1CC1. The largest absolute Gasteiger partial charge is 0.384 e. The van der Waals surface area contributed by atoms with Gasteiger partial charge in [0.15, 0.2) is 0 Å². The van der Waals surface area contributed by atoms with Gasteiger partial charge in [-0.3, -0.25) is 4.79 Å². The highest BCUT2D eigenvalue weighted by molar-refractivity contribution is 7.97. The normalized spacial score (nSPS) is 18.4. The van der Waals surface area contributed by atoms with Crippen molar-refractivity contribution in [3.05, 3.63) is 40.3 Å². The van der Waals surface area contributed by atoms with Crippen molar-refractivity contribution in [2.45, 2.75) is 32.7 Å². The van der Waals surface area contributed by atoms with Crippen LogP contribution in [-0.2, 0) is 9.53 Å². The fraction of sp³-hybridized carbons (Fsp3) is 0.542. The first-order valence-corrected chi connectivity index (χ1v) is 12.4. The van der Waals surface area contributed by atoms with Crippen molar-refractivity contribution < 1.29 is 9.53 Å². The second-order valence-electron chi connectivity index (χ2n) is 8.48. The van der Waals surface area contributed by atoms with E-state index in [2.05, 4.69) is 37.5 Å². The molecule has 1 atom stereocenters. The summed E-state index contributed by atoms with van der Waals surface area (Å²) in [5, 5.41) is 3.07. The van der Waals surface area contributed by atoms with Crippen LogP contribution >= 0.6 is 11.9 Å². The lowest BCUT2D eigenvalue weighted by Gasteiger charge is -2.40. The number of pyridine rings is 2. The molecule has 33 heavy (non-hydrogen) atoms. The van der Waals surface area contributed by atoms with Crippen LogP contribution in [0.5, 0.6) is 0 Å². The predicted molar refractivity (Wildman–Crippen MR) is 136 cm³/mol. The second kappa shape index (κ2) is 12.2. The number of aldehydes is 1. The van der Waals surface area contributed by atoms with Crippen molar-refractivity contribution in [3.8, 4) is 11.1 Å². The number of carbonyl (C=O) groups is 1. The average molecular weight is 474 g/mol. The molecule has 2 N–H and O–H groups in total. The van der Waals surface area contributed by atoms with Crippen molar-refractivity contribution >= 4 is 29.9 Å². The number of aryl methyl sites for hydroxylation is 1. The Kier molecular flexibility index (Phi) is 9.34. The number of nitrogens with one attached hydrogen (secondary N) is 2. The van der Waals surface area contributed by atoms with Crippen molar-refractivity contribution in [3.63, 3.8) is 0 Å². The van der Waals surface area contributed by atoms with E-state index in [1.807, 2.05) is 38.2 Å². The van der Waals surface area contributed by atoms with E-state index in [-0.39, 0.29) is 5.56 Å². The van der Waals surface area contributed by atoms with Crippen molar-refractivity contribution in [1.29, 1.82) is 0 Å². The van der Waals surface area contributed by atoms with E-state index in [1.54, 1.807) is 13.2 Å². The molecule has 0 radical (unpaired) electrons. The zero-order valence-corrected chi connectivity index (χ0v) is 20.8. The van der Waals surface area contributed by atoms with Gasteiger partial charge in [-0.15, -0.1) is 0 Å². The standard InChI is InChI=1S/C20H29N5O2S.C4H6O/c1-14-12-22-18(21-3)11-17(14)16-9-19(23-20(26)10-16)25-6-5-24(13-15(25)2)28-8-7-27-4;5-3-4-1-2-4/h9-12,15H,5-8,13H2,1-4H3,(H,21,22)(H,23,26);3-4H,1-2H2. The van der Waals surface area contributed by atoms with Crippen LogP contribution in [0, 0.1) is 12.8 Å². The molecule has 1 unspecified atom stereocenters. The van der Waals surface area contributed by atoms with Crippen LogP contribution in [-0.4, -0.2) is 72.8 Å². The first-order valence-electron chi connectivity index (χ1n) is 11.4. The minimum atomic E-state index is -0.0844. The van der Waals surface area contributed by atoms with Gasteiger partial charge in [-0.05, 0) is 55.5 Å². The third kappa shape index (κ3) is 7.31. The highest BCUT2D eigenvalue weighted by Crippen LogP contribution is 2.28. The molecule has 2 aromatic heterocycles. The fourth-order valence-electron chi connectivity index (χ4n) is 3.69. The Hall–Kier alpha value is -2.36. The summed E-state index contributed by atoms with van der Waals surface area (Å²) in [5.41, 5.74) is 2.90. The zero-order chi connectivity index (χ0) is 23.8. The van der Waals surface area contributed by atoms with Crippen LogP contribution in [0.2, 0.25) is 0 Å². The van der Waals surface area contributed by atoms with E-state index in [9.17, 15) is 9.59 Å². The topological polar surface area (TPSA) is 90.6 Å². The molecular weight excluding hydrogens is 438 g/mol. The number of anilines is 2. The summed E-state index contributed by atoms with van der Waals surface area (Å²) in [6, 6.07) is 6.03. The summed E-state index contributed by atoms with van der Waals surface area (Å²) in [6.07, 6.45) is 5.15. The minimum absolute atomic E-state index is 0.0844. The van der Waals surface area contributed by atoms with E-state index in [0.717, 1.165) is 79.4 Å². The molecule has 4 rings (SSSR count). The quantitative estimate of drug-likeness (QED) is 0.343. The third-order valence-electron chi connectivity index (χ3n) is 5.78. The van der Waals surface area contributed by atoms with Gasteiger partial charge < -0.3 is 24.7 Å². The molecule has 2 aromatic rings. The highest BCUT2D eigenvalue weighted by Gasteiger charge is 2.25. The third-order valence-corrected chi connectivity index (χ3v) is 6.82. The van der Waals surface area contributed by atoms with Crippen LogP contribution in [0.3, 0.4) is 0 Å². The Morgan fingerprint density at radius 3 is 2.70 bits per heavy atom. The monoisotopic (exact) mass is 473 g/mol. The number of H-pyrrole nitrogens is 1. The molecule has 0 bridgehead atoms. The van der Waals surface area contributed by atoms with Crippen LogP contribution in [0.4, 0.5) is 11.6 Å². The first-order chi connectivity index (χ1) is 15.9. The maximum atomic E-state index is 12.4. The Bertz CT molecular complexity index is 979. The molecule has 2 aliphatic rings. The van der Waals surface area contributed by atoms with E-state index >= 15 is 0 Å². The molecule has 0 amide bonds. The molecule has 1 aliphatic carbocycles. The summed E-state index contributed by atoms with van der Waals surface area (Å²) in [6.45, 7) is 7.74. The maximum absolute atomic E-state index is 12.4. The number of methoxy groups -OCH3 is 1. The van der Waals surface area contributed by atoms with Gasteiger partial charge in [0.2, 0.25) is 5.56 Å². The summed E-state index contributed by atoms with van der Waals surface area (Å²) in [5.74, 6) is 3.08. The number of rotatable bonds is 8. The van der Waals surface area contributed by atoms with E-state index < -0.39 is 0 Å². The molecule has 0 spiro atoms. The highest BCUT2D eigenvalue weighted by atomic mass is 32.2. The number of nitrogens with zero attached hydrogens (tertiary/aromatic N) is 3.